The van der Waals surface area contributed by atoms with Crippen molar-refractivity contribution in [3.63, 3.8) is 0 Å². The summed E-state index contributed by atoms with van der Waals surface area (Å²) in [7, 11) is 0. The molecule has 2 heterocycles. The van der Waals surface area contributed by atoms with Crippen molar-refractivity contribution in [1.29, 1.82) is 0 Å². The van der Waals surface area contributed by atoms with Crippen molar-refractivity contribution in [2.24, 2.45) is 5.92 Å². The molecule has 1 amide bonds. The van der Waals surface area contributed by atoms with Gasteiger partial charge in [-0.15, -0.1) is 0 Å². The summed E-state index contributed by atoms with van der Waals surface area (Å²) in [4.78, 5) is 14.3. The van der Waals surface area contributed by atoms with Crippen LogP contribution in [0, 0.1) is 5.92 Å². The van der Waals surface area contributed by atoms with E-state index in [1.807, 2.05) is 25.7 Å². The predicted molar refractivity (Wildman–Crippen MR) is 73.0 cm³/mol. The van der Waals surface area contributed by atoms with Crippen molar-refractivity contribution in [3.8, 4) is 0 Å². The molecule has 0 radical (unpaired) electrons. The number of carbonyl (C=O) groups excluding carboxylic acids is 1. The Kier molecular flexibility index (Phi) is 4.47. The summed E-state index contributed by atoms with van der Waals surface area (Å²) in [6.07, 6.45) is 3.51. The zero-order valence-electron chi connectivity index (χ0n) is 11.5. The third kappa shape index (κ3) is 3.70. The lowest BCUT2D eigenvalue weighted by Crippen LogP contribution is -2.50. The number of hydrogen-bond acceptors (Lipinski definition) is 3. The molecule has 1 aromatic rings. The first-order valence-electron chi connectivity index (χ1n) is 6.58. The summed E-state index contributed by atoms with van der Waals surface area (Å²) in [6.45, 7) is 7.77. The molecule has 2 rings (SSSR count). The molecule has 1 fully saturated rings. The molecule has 5 nitrogen and oxygen atoms in total. The largest absolute Gasteiger partial charge is 0.372 e. The second kappa shape index (κ2) is 5.92. The highest BCUT2D eigenvalue weighted by molar-refractivity contribution is 6.30. The maximum atomic E-state index is 12.4. The van der Waals surface area contributed by atoms with Crippen molar-refractivity contribution in [2.45, 2.75) is 39.5 Å². The first kappa shape index (κ1) is 14.3. The van der Waals surface area contributed by atoms with Crippen LogP contribution >= 0.6 is 11.6 Å². The number of ether oxygens (including phenoxy) is 1. The highest BCUT2D eigenvalue weighted by Crippen LogP contribution is 2.15. The van der Waals surface area contributed by atoms with Gasteiger partial charge in [0.2, 0.25) is 5.91 Å². The van der Waals surface area contributed by atoms with Crippen LogP contribution < -0.4 is 0 Å². The minimum atomic E-state index is -0.117. The standard InChI is InChI=1S/C13H20ClN3O2/c1-9(5-17-8-12(14)4-15-17)13(18)16-6-10(2)19-11(3)7-16/h4,8-11H,5-7H2,1-3H3. The van der Waals surface area contributed by atoms with Gasteiger partial charge in [0.1, 0.15) is 0 Å². The van der Waals surface area contributed by atoms with Crippen LogP contribution in [-0.4, -0.2) is 45.9 Å². The molecule has 1 aromatic heterocycles. The summed E-state index contributed by atoms with van der Waals surface area (Å²) >= 11 is 5.82. The number of amides is 1. The van der Waals surface area contributed by atoms with Crippen LogP contribution in [0.5, 0.6) is 0 Å². The van der Waals surface area contributed by atoms with Crippen LogP contribution in [0.25, 0.3) is 0 Å². The van der Waals surface area contributed by atoms with E-state index < -0.39 is 0 Å². The first-order valence-corrected chi connectivity index (χ1v) is 6.95. The normalized spacial score (nSPS) is 25.4. The summed E-state index contributed by atoms with van der Waals surface area (Å²) in [6, 6.07) is 0. The summed E-state index contributed by atoms with van der Waals surface area (Å²) in [5, 5.41) is 4.69. The molecule has 6 heteroatoms. The smallest absolute Gasteiger partial charge is 0.227 e. The van der Waals surface area contributed by atoms with Gasteiger partial charge < -0.3 is 9.64 Å². The van der Waals surface area contributed by atoms with Crippen LogP contribution in [0.2, 0.25) is 5.02 Å². The molecule has 1 aliphatic heterocycles. The van der Waals surface area contributed by atoms with E-state index in [1.54, 1.807) is 17.1 Å². The monoisotopic (exact) mass is 285 g/mol. The molecule has 0 N–H and O–H groups in total. The highest BCUT2D eigenvalue weighted by Gasteiger charge is 2.28. The lowest BCUT2D eigenvalue weighted by Gasteiger charge is -2.36. The van der Waals surface area contributed by atoms with Crippen LogP contribution in [-0.2, 0) is 16.1 Å². The molecule has 0 aliphatic carbocycles. The van der Waals surface area contributed by atoms with Gasteiger partial charge in [0.05, 0.1) is 35.9 Å². The molecule has 0 saturated carbocycles. The summed E-state index contributed by atoms with van der Waals surface area (Å²) in [5.41, 5.74) is 0. The van der Waals surface area contributed by atoms with E-state index in [-0.39, 0.29) is 24.0 Å². The fourth-order valence-corrected chi connectivity index (χ4v) is 2.62. The van der Waals surface area contributed by atoms with Crippen molar-refractivity contribution < 1.29 is 9.53 Å². The topological polar surface area (TPSA) is 47.4 Å². The van der Waals surface area contributed by atoms with Gasteiger partial charge in [0.15, 0.2) is 0 Å². The fourth-order valence-electron chi connectivity index (χ4n) is 2.47. The van der Waals surface area contributed by atoms with Crippen molar-refractivity contribution >= 4 is 17.5 Å². The summed E-state index contributed by atoms with van der Waals surface area (Å²) in [5.74, 6) is 0.0297. The van der Waals surface area contributed by atoms with E-state index >= 15 is 0 Å². The Morgan fingerprint density at radius 3 is 2.68 bits per heavy atom. The Morgan fingerprint density at radius 2 is 2.16 bits per heavy atom. The second-order valence-electron chi connectivity index (χ2n) is 5.28. The van der Waals surface area contributed by atoms with Crippen LogP contribution in [0.4, 0.5) is 0 Å². The lowest BCUT2D eigenvalue weighted by atomic mass is 10.1. The Morgan fingerprint density at radius 1 is 1.53 bits per heavy atom. The van der Waals surface area contributed by atoms with E-state index in [2.05, 4.69) is 5.10 Å². The van der Waals surface area contributed by atoms with Crippen LogP contribution in [0.15, 0.2) is 12.4 Å². The van der Waals surface area contributed by atoms with Gasteiger partial charge in [-0.05, 0) is 13.8 Å². The molecule has 106 valence electrons. The Balaban J connectivity index is 1.94. The zero-order valence-corrected chi connectivity index (χ0v) is 12.3. The van der Waals surface area contributed by atoms with E-state index in [1.165, 1.54) is 0 Å². The fraction of sp³-hybridized carbons (Fsp3) is 0.692. The van der Waals surface area contributed by atoms with Gasteiger partial charge >= 0.3 is 0 Å². The number of hydrogen-bond donors (Lipinski definition) is 0. The maximum Gasteiger partial charge on any atom is 0.227 e. The number of carbonyl (C=O) groups is 1. The molecule has 3 atom stereocenters. The highest BCUT2D eigenvalue weighted by atomic mass is 35.5. The molecular formula is C13H20ClN3O2. The molecule has 0 bridgehead atoms. The van der Waals surface area contributed by atoms with E-state index in [9.17, 15) is 4.79 Å². The van der Waals surface area contributed by atoms with Crippen LogP contribution in [0.1, 0.15) is 20.8 Å². The minimum Gasteiger partial charge on any atom is -0.372 e. The average molecular weight is 286 g/mol. The van der Waals surface area contributed by atoms with Gasteiger partial charge in [0, 0.05) is 19.3 Å². The number of halogens is 1. The summed E-state index contributed by atoms with van der Waals surface area (Å²) < 4.78 is 7.35. The first-order chi connectivity index (χ1) is 8.95. The van der Waals surface area contributed by atoms with Crippen molar-refractivity contribution in [2.75, 3.05) is 13.1 Å². The lowest BCUT2D eigenvalue weighted by molar-refractivity contribution is -0.147. The maximum absolute atomic E-state index is 12.4. The van der Waals surface area contributed by atoms with E-state index in [0.717, 1.165) is 0 Å². The van der Waals surface area contributed by atoms with Gasteiger partial charge in [-0.2, -0.15) is 5.10 Å². The Bertz CT molecular complexity index is 439. The zero-order chi connectivity index (χ0) is 14.0. The SMILES string of the molecule is CC1CN(C(=O)C(C)Cn2cc(Cl)cn2)CC(C)O1. The predicted octanol–water partition coefficient (Wildman–Crippen LogP) is 1.81. The Labute approximate surface area is 118 Å². The molecule has 19 heavy (non-hydrogen) atoms. The number of morpholine rings is 1. The third-order valence-electron chi connectivity index (χ3n) is 3.22. The van der Waals surface area contributed by atoms with E-state index in [0.29, 0.717) is 24.7 Å². The number of rotatable bonds is 3. The van der Waals surface area contributed by atoms with Gasteiger partial charge in [-0.1, -0.05) is 18.5 Å². The second-order valence-corrected chi connectivity index (χ2v) is 5.72. The van der Waals surface area contributed by atoms with Gasteiger partial charge in [0.25, 0.3) is 0 Å². The van der Waals surface area contributed by atoms with Gasteiger partial charge in [-0.25, -0.2) is 0 Å². The molecule has 1 aliphatic rings. The van der Waals surface area contributed by atoms with Gasteiger partial charge in [-0.3, -0.25) is 9.48 Å². The quantitative estimate of drug-likeness (QED) is 0.851. The molecule has 0 spiro atoms. The van der Waals surface area contributed by atoms with Crippen molar-refractivity contribution in [3.05, 3.63) is 17.4 Å². The molecule has 0 aromatic carbocycles. The molecule has 3 unspecified atom stereocenters. The molecular weight excluding hydrogens is 266 g/mol. The minimum absolute atomic E-state index is 0.0963. The molecule has 1 saturated heterocycles. The third-order valence-corrected chi connectivity index (χ3v) is 3.41. The number of nitrogens with zero attached hydrogens (tertiary/aromatic N) is 3. The number of aromatic nitrogens is 2. The average Bonchev–Trinajstić information content (AvgIpc) is 2.72. The van der Waals surface area contributed by atoms with Crippen molar-refractivity contribution in [1.82, 2.24) is 14.7 Å². The van der Waals surface area contributed by atoms with E-state index in [4.69, 9.17) is 16.3 Å². The van der Waals surface area contributed by atoms with Crippen LogP contribution in [0.3, 0.4) is 0 Å². The Hall–Kier alpha value is -1.07.